The zero-order chi connectivity index (χ0) is 18.0. The minimum Gasteiger partial charge on any atom is -0.368 e. The number of primary amides is 1. The van der Waals surface area contributed by atoms with Gasteiger partial charge in [-0.15, -0.1) is 0 Å². The van der Waals surface area contributed by atoms with Crippen molar-refractivity contribution in [1.82, 2.24) is 15.0 Å². The lowest BCUT2D eigenvalue weighted by Gasteiger charge is -2.39. The zero-order valence-corrected chi connectivity index (χ0v) is 14.4. The van der Waals surface area contributed by atoms with Crippen LogP contribution in [-0.4, -0.2) is 52.4 Å². The van der Waals surface area contributed by atoms with Gasteiger partial charge in [0.25, 0.3) is 5.91 Å². The van der Waals surface area contributed by atoms with E-state index in [1.165, 1.54) is 4.90 Å². The second kappa shape index (κ2) is 7.06. The molecule has 3 rings (SSSR count). The Morgan fingerprint density at radius 1 is 1.24 bits per heavy atom. The number of piperazine rings is 1. The number of aromatic nitrogens is 1. The molecule has 1 aromatic heterocycles. The predicted octanol–water partition coefficient (Wildman–Crippen LogP) is 1.10. The molecule has 1 aliphatic rings. The summed E-state index contributed by atoms with van der Waals surface area (Å²) in [6.45, 7) is 5.65. The number of aryl methyl sites for hydroxylation is 2. The molecule has 1 aromatic carbocycles. The van der Waals surface area contributed by atoms with E-state index in [1.54, 1.807) is 13.8 Å². The number of amides is 2. The van der Waals surface area contributed by atoms with Crippen LogP contribution in [0.5, 0.6) is 0 Å². The van der Waals surface area contributed by atoms with Crippen LogP contribution in [-0.2, 0) is 11.3 Å². The third-order valence-electron chi connectivity index (χ3n) is 4.55. The van der Waals surface area contributed by atoms with Gasteiger partial charge in [0.2, 0.25) is 5.91 Å². The van der Waals surface area contributed by atoms with Crippen LogP contribution in [0.2, 0.25) is 0 Å². The maximum Gasteiger partial charge on any atom is 0.260 e. The standard InChI is InChI=1S/C18H22N4O3/c1-12-16(13(2)25-20-12)18(24)22-9-8-21(11-15(22)17(19)23)10-14-6-4-3-5-7-14/h3-7,15H,8-11H2,1-2H3,(H2,19,23). The highest BCUT2D eigenvalue weighted by atomic mass is 16.5. The number of hydrogen-bond donors (Lipinski definition) is 1. The molecule has 0 bridgehead atoms. The van der Waals surface area contributed by atoms with Crippen LogP contribution < -0.4 is 5.73 Å². The average molecular weight is 342 g/mol. The summed E-state index contributed by atoms with van der Waals surface area (Å²) in [5, 5.41) is 3.82. The van der Waals surface area contributed by atoms with Gasteiger partial charge < -0.3 is 15.2 Å². The predicted molar refractivity (Wildman–Crippen MR) is 91.7 cm³/mol. The van der Waals surface area contributed by atoms with E-state index in [0.717, 1.165) is 12.1 Å². The Hall–Kier alpha value is -2.67. The highest BCUT2D eigenvalue weighted by molar-refractivity contribution is 5.99. The first-order chi connectivity index (χ1) is 12.0. The minimum absolute atomic E-state index is 0.251. The molecular weight excluding hydrogens is 320 g/mol. The van der Waals surface area contributed by atoms with Crippen molar-refractivity contribution in [1.29, 1.82) is 0 Å². The molecule has 1 atom stereocenters. The number of hydrogen-bond acceptors (Lipinski definition) is 5. The molecule has 1 fully saturated rings. The molecule has 2 aromatic rings. The lowest BCUT2D eigenvalue weighted by atomic mass is 10.1. The van der Waals surface area contributed by atoms with Crippen molar-refractivity contribution < 1.29 is 14.1 Å². The van der Waals surface area contributed by atoms with E-state index >= 15 is 0 Å². The van der Waals surface area contributed by atoms with E-state index in [2.05, 4.69) is 10.1 Å². The average Bonchev–Trinajstić information content (AvgIpc) is 2.93. The van der Waals surface area contributed by atoms with Gasteiger partial charge in [0.05, 0.1) is 5.69 Å². The summed E-state index contributed by atoms with van der Waals surface area (Å²) in [4.78, 5) is 28.5. The van der Waals surface area contributed by atoms with Gasteiger partial charge in [0, 0.05) is 26.2 Å². The third kappa shape index (κ3) is 3.56. The van der Waals surface area contributed by atoms with Gasteiger partial charge in [0.1, 0.15) is 17.4 Å². The quantitative estimate of drug-likeness (QED) is 0.898. The van der Waals surface area contributed by atoms with Gasteiger partial charge in [-0.25, -0.2) is 0 Å². The van der Waals surface area contributed by atoms with E-state index in [-0.39, 0.29) is 5.91 Å². The third-order valence-corrected chi connectivity index (χ3v) is 4.55. The Labute approximate surface area is 146 Å². The fraction of sp³-hybridized carbons (Fsp3) is 0.389. The summed E-state index contributed by atoms with van der Waals surface area (Å²) in [6.07, 6.45) is 0. The molecule has 2 amide bonds. The first-order valence-electron chi connectivity index (χ1n) is 8.27. The summed E-state index contributed by atoms with van der Waals surface area (Å²) in [5.41, 5.74) is 7.69. The SMILES string of the molecule is Cc1noc(C)c1C(=O)N1CCN(Cc2ccccc2)CC1C(N)=O. The maximum atomic E-state index is 12.9. The summed E-state index contributed by atoms with van der Waals surface area (Å²) >= 11 is 0. The largest absolute Gasteiger partial charge is 0.368 e. The minimum atomic E-state index is -0.668. The molecule has 2 heterocycles. The van der Waals surface area contributed by atoms with Crippen molar-refractivity contribution in [3.63, 3.8) is 0 Å². The fourth-order valence-electron chi connectivity index (χ4n) is 3.24. The first-order valence-corrected chi connectivity index (χ1v) is 8.27. The van der Waals surface area contributed by atoms with Crippen molar-refractivity contribution in [2.24, 2.45) is 5.73 Å². The van der Waals surface area contributed by atoms with E-state index in [1.807, 2.05) is 30.3 Å². The van der Waals surface area contributed by atoms with Gasteiger partial charge in [-0.1, -0.05) is 35.5 Å². The number of benzene rings is 1. The van der Waals surface area contributed by atoms with Crippen molar-refractivity contribution in [2.75, 3.05) is 19.6 Å². The first kappa shape index (κ1) is 17.2. The molecule has 1 unspecified atom stereocenters. The smallest absolute Gasteiger partial charge is 0.260 e. The highest BCUT2D eigenvalue weighted by Gasteiger charge is 2.36. The molecule has 7 heteroatoms. The molecular formula is C18H22N4O3. The summed E-state index contributed by atoms with van der Waals surface area (Å²) in [6, 6.07) is 9.35. The van der Waals surface area contributed by atoms with Gasteiger partial charge >= 0.3 is 0 Å². The Bertz CT molecular complexity index is 752. The van der Waals surface area contributed by atoms with E-state index in [4.69, 9.17) is 10.3 Å². The van der Waals surface area contributed by atoms with Crippen LogP contribution in [0.25, 0.3) is 0 Å². The van der Waals surface area contributed by atoms with Crippen molar-refractivity contribution in [3.05, 3.63) is 52.9 Å². The number of carbonyl (C=O) groups excluding carboxylic acids is 2. The summed E-state index contributed by atoms with van der Waals surface area (Å²) in [5.74, 6) is -0.297. The van der Waals surface area contributed by atoms with Crippen LogP contribution >= 0.6 is 0 Å². The number of nitrogens with zero attached hydrogens (tertiary/aromatic N) is 3. The van der Waals surface area contributed by atoms with Gasteiger partial charge in [0.15, 0.2) is 0 Å². The molecule has 7 nitrogen and oxygen atoms in total. The van der Waals surface area contributed by atoms with Crippen molar-refractivity contribution >= 4 is 11.8 Å². The number of carbonyl (C=O) groups is 2. The van der Waals surface area contributed by atoms with E-state index in [9.17, 15) is 9.59 Å². The molecule has 25 heavy (non-hydrogen) atoms. The van der Waals surface area contributed by atoms with E-state index < -0.39 is 11.9 Å². The Morgan fingerprint density at radius 2 is 1.96 bits per heavy atom. The van der Waals surface area contributed by atoms with Crippen LogP contribution in [0.4, 0.5) is 0 Å². The normalized spacial score (nSPS) is 18.3. The second-order valence-corrected chi connectivity index (χ2v) is 6.34. The van der Waals surface area contributed by atoms with Gasteiger partial charge in [-0.3, -0.25) is 14.5 Å². The zero-order valence-electron chi connectivity index (χ0n) is 14.4. The molecule has 2 N–H and O–H groups in total. The van der Waals surface area contributed by atoms with Crippen molar-refractivity contribution in [3.8, 4) is 0 Å². The topological polar surface area (TPSA) is 92.7 Å². The lowest BCUT2D eigenvalue weighted by Crippen LogP contribution is -2.59. The monoisotopic (exact) mass is 342 g/mol. The maximum absolute atomic E-state index is 12.9. The van der Waals surface area contributed by atoms with Crippen LogP contribution in [0, 0.1) is 13.8 Å². The molecule has 1 saturated heterocycles. The number of rotatable bonds is 4. The van der Waals surface area contributed by atoms with Crippen molar-refractivity contribution in [2.45, 2.75) is 26.4 Å². The molecule has 0 spiro atoms. The Morgan fingerprint density at radius 3 is 2.56 bits per heavy atom. The molecule has 0 aliphatic carbocycles. The van der Waals surface area contributed by atoms with Crippen LogP contribution in [0.3, 0.4) is 0 Å². The Balaban J connectivity index is 1.76. The van der Waals surface area contributed by atoms with Gasteiger partial charge in [-0.2, -0.15) is 0 Å². The second-order valence-electron chi connectivity index (χ2n) is 6.34. The molecule has 0 saturated carbocycles. The summed E-state index contributed by atoms with van der Waals surface area (Å²) < 4.78 is 5.08. The Kier molecular flexibility index (Phi) is 4.85. The fourth-order valence-corrected chi connectivity index (χ4v) is 3.24. The van der Waals surface area contributed by atoms with E-state index in [0.29, 0.717) is 36.7 Å². The molecule has 1 aliphatic heterocycles. The number of nitrogens with two attached hydrogens (primary N) is 1. The molecule has 132 valence electrons. The van der Waals surface area contributed by atoms with Crippen LogP contribution in [0.1, 0.15) is 27.4 Å². The summed E-state index contributed by atoms with van der Waals surface area (Å²) in [7, 11) is 0. The highest BCUT2D eigenvalue weighted by Crippen LogP contribution is 2.20. The van der Waals surface area contributed by atoms with Gasteiger partial charge in [-0.05, 0) is 19.4 Å². The van der Waals surface area contributed by atoms with Crippen LogP contribution in [0.15, 0.2) is 34.9 Å². The lowest BCUT2D eigenvalue weighted by molar-refractivity contribution is -0.124. The molecule has 0 radical (unpaired) electrons.